The highest BCUT2D eigenvalue weighted by Gasteiger charge is 2.11. The van der Waals surface area contributed by atoms with Gasteiger partial charge in [0, 0.05) is 31.2 Å². The molecule has 2 rings (SSSR count). The summed E-state index contributed by atoms with van der Waals surface area (Å²) in [6.45, 7) is 1.38. The number of oxime groups is 1. The van der Waals surface area contributed by atoms with Crippen LogP contribution >= 0.6 is 46.4 Å². The Labute approximate surface area is 207 Å². The molecule has 174 valence electrons. The smallest absolute Gasteiger partial charge is 0.156 e. The van der Waals surface area contributed by atoms with Gasteiger partial charge in [0.25, 0.3) is 0 Å². The summed E-state index contributed by atoms with van der Waals surface area (Å²) in [4.78, 5) is 4.84. The molecule has 6 nitrogen and oxygen atoms in total. The summed E-state index contributed by atoms with van der Waals surface area (Å²) in [5.74, 6) is 1.60. The average molecular weight is 523 g/mol. The van der Waals surface area contributed by atoms with E-state index in [1.165, 1.54) is 13.2 Å². The highest BCUT2D eigenvalue weighted by atomic mass is 35.5. The van der Waals surface area contributed by atoms with Crippen LogP contribution in [0.15, 0.2) is 52.1 Å². The van der Waals surface area contributed by atoms with E-state index in [2.05, 4.69) is 5.16 Å². The van der Waals surface area contributed by atoms with E-state index in [9.17, 15) is 0 Å². The first-order valence-corrected chi connectivity index (χ1v) is 11.0. The van der Waals surface area contributed by atoms with Crippen LogP contribution in [0, 0.1) is 0 Å². The molecule has 10 heteroatoms. The van der Waals surface area contributed by atoms with Crippen LogP contribution in [-0.2, 0) is 9.57 Å². The Kier molecular flexibility index (Phi) is 11.8. The van der Waals surface area contributed by atoms with Gasteiger partial charge in [0.2, 0.25) is 0 Å². The van der Waals surface area contributed by atoms with Crippen LogP contribution in [0.25, 0.3) is 0 Å². The maximum Gasteiger partial charge on any atom is 0.156 e. The monoisotopic (exact) mass is 521 g/mol. The topological polar surface area (TPSA) is 58.5 Å². The quantitative estimate of drug-likeness (QED) is 0.170. The van der Waals surface area contributed by atoms with Crippen molar-refractivity contribution in [3.05, 3.63) is 62.6 Å². The highest BCUT2D eigenvalue weighted by Crippen LogP contribution is 2.37. The first-order chi connectivity index (χ1) is 15.4. The molecule has 0 aliphatic carbocycles. The highest BCUT2D eigenvalue weighted by molar-refractivity contribution is 6.55. The van der Waals surface area contributed by atoms with Gasteiger partial charge in [-0.15, -0.1) is 0 Å². The van der Waals surface area contributed by atoms with Gasteiger partial charge in [-0.2, -0.15) is 0 Å². The molecule has 0 N–H and O–H groups in total. The number of benzene rings is 2. The van der Waals surface area contributed by atoms with Gasteiger partial charge < -0.3 is 23.8 Å². The number of hydrogen-bond donors (Lipinski definition) is 0. The molecular weight excluding hydrogens is 500 g/mol. The third-order valence-corrected chi connectivity index (χ3v) is 4.80. The molecule has 0 heterocycles. The second-order valence-corrected chi connectivity index (χ2v) is 8.07. The van der Waals surface area contributed by atoms with Crippen molar-refractivity contribution in [2.75, 3.05) is 40.6 Å². The molecule has 32 heavy (non-hydrogen) atoms. The minimum Gasteiger partial charge on any atom is -0.493 e. The van der Waals surface area contributed by atoms with E-state index >= 15 is 0 Å². The van der Waals surface area contributed by atoms with Crippen molar-refractivity contribution in [2.45, 2.75) is 6.42 Å². The Balaban J connectivity index is 1.80. The van der Waals surface area contributed by atoms with Gasteiger partial charge in [-0.05, 0) is 30.3 Å². The fourth-order valence-corrected chi connectivity index (χ4v) is 3.24. The van der Waals surface area contributed by atoms with Crippen molar-refractivity contribution in [1.82, 2.24) is 0 Å². The van der Waals surface area contributed by atoms with Crippen LogP contribution < -0.4 is 14.2 Å². The summed E-state index contributed by atoms with van der Waals surface area (Å²) < 4.78 is 22.2. The Morgan fingerprint density at radius 2 is 1.56 bits per heavy atom. The Bertz CT molecular complexity index is 892. The van der Waals surface area contributed by atoms with Gasteiger partial charge in [0.05, 0.1) is 29.9 Å². The molecule has 0 radical (unpaired) electrons. The molecule has 0 bridgehead atoms. The number of methoxy groups -OCH3 is 1. The summed E-state index contributed by atoms with van der Waals surface area (Å²) >= 11 is 23.6. The van der Waals surface area contributed by atoms with E-state index in [1.807, 2.05) is 24.3 Å². The van der Waals surface area contributed by atoms with Gasteiger partial charge in [-0.1, -0.05) is 51.6 Å². The molecule has 0 saturated carbocycles. The van der Waals surface area contributed by atoms with E-state index in [0.29, 0.717) is 53.5 Å². The normalized spacial score (nSPS) is 11.1. The van der Waals surface area contributed by atoms with E-state index < -0.39 is 0 Å². The van der Waals surface area contributed by atoms with Crippen LogP contribution in [0.3, 0.4) is 0 Å². The molecule has 0 aliphatic rings. The minimum atomic E-state index is 0.121. The third kappa shape index (κ3) is 8.96. The largest absolute Gasteiger partial charge is 0.493 e. The average Bonchev–Trinajstić information content (AvgIpc) is 2.75. The van der Waals surface area contributed by atoms with Crippen molar-refractivity contribution >= 4 is 52.1 Å². The van der Waals surface area contributed by atoms with Crippen molar-refractivity contribution in [2.24, 2.45) is 5.16 Å². The first kappa shape index (κ1) is 26.4. The molecule has 0 aliphatic heterocycles. The van der Waals surface area contributed by atoms with Crippen LogP contribution in [-0.4, -0.2) is 46.4 Å². The molecule has 0 unspecified atom stereocenters. The Hall–Kier alpha value is -1.83. The molecular formula is C22H23Cl4NO5. The Morgan fingerprint density at radius 1 is 0.906 bits per heavy atom. The fraction of sp³-hybridized carbons (Fsp3) is 0.318. The lowest BCUT2D eigenvalue weighted by Crippen LogP contribution is -2.09. The molecule has 2 aromatic rings. The lowest BCUT2D eigenvalue weighted by Gasteiger charge is -2.13. The molecule has 0 atom stereocenters. The van der Waals surface area contributed by atoms with Gasteiger partial charge in [-0.3, -0.25) is 0 Å². The predicted molar refractivity (Wildman–Crippen MR) is 129 cm³/mol. The maximum atomic E-state index is 6.25. The zero-order valence-corrected chi connectivity index (χ0v) is 20.6. The molecule has 0 aromatic heterocycles. The van der Waals surface area contributed by atoms with E-state index in [0.717, 1.165) is 11.3 Å². The van der Waals surface area contributed by atoms with E-state index in [4.69, 9.17) is 70.2 Å². The number of halogens is 4. The predicted octanol–water partition coefficient (Wildman–Crippen LogP) is 6.54. The molecule has 0 fully saturated rings. The first-order valence-electron chi connectivity index (χ1n) is 9.52. The molecule has 0 saturated heterocycles. The summed E-state index contributed by atoms with van der Waals surface area (Å²) in [7, 11) is 3.10. The van der Waals surface area contributed by atoms with Crippen molar-refractivity contribution in [3.63, 3.8) is 0 Å². The second kappa shape index (κ2) is 14.3. The van der Waals surface area contributed by atoms with Gasteiger partial charge in [0.1, 0.15) is 35.4 Å². The van der Waals surface area contributed by atoms with Crippen LogP contribution in [0.5, 0.6) is 17.2 Å². The van der Waals surface area contributed by atoms with E-state index in [-0.39, 0.29) is 11.1 Å². The third-order valence-electron chi connectivity index (χ3n) is 3.93. The van der Waals surface area contributed by atoms with Crippen molar-refractivity contribution in [3.8, 4) is 17.2 Å². The molecule has 0 amide bonds. The standard InChI is InChI=1S/C22H23Cl4NO5/c1-28-14-20(27-29-2)15-4-6-16(7-5-15)30-9-3-10-32-22-18(23)12-17(13-19(22)24)31-11-8-21(25)26/h4-8,12-13H,3,9-11,14H2,1-2H3. The summed E-state index contributed by atoms with van der Waals surface area (Å²) in [5, 5.41) is 4.65. The van der Waals surface area contributed by atoms with Crippen LogP contribution in [0.4, 0.5) is 0 Å². The lowest BCUT2D eigenvalue weighted by atomic mass is 10.1. The maximum absolute atomic E-state index is 6.25. The Morgan fingerprint density at radius 3 is 2.16 bits per heavy atom. The van der Waals surface area contributed by atoms with Gasteiger partial charge in [-0.25, -0.2) is 0 Å². The second-order valence-electron chi connectivity index (χ2n) is 6.25. The SMILES string of the molecule is COCC(=NOC)c1ccc(OCCCOc2c(Cl)cc(OCC=C(Cl)Cl)cc2Cl)cc1. The van der Waals surface area contributed by atoms with Crippen molar-refractivity contribution < 1.29 is 23.8 Å². The molecule has 0 spiro atoms. The minimum absolute atomic E-state index is 0.121. The van der Waals surface area contributed by atoms with Gasteiger partial charge >= 0.3 is 0 Å². The summed E-state index contributed by atoms with van der Waals surface area (Å²) in [5.41, 5.74) is 1.59. The molecule has 2 aromatic carbocycles. The van der Waals surface area contributed by atoms with E-state index in [1.54, 1.807) is 19.2 Å². The summed E-state index contributed by atoms with van der Waals surface area (Å²) in [6, 6.07) is 10.7. The zero-order chi connectivity index (χ0) is 23.3. The number of nitrogens with zero attached hydrogens (tertiary/aromatic N) is 1. The van der Waals surface area contributed by atoms with Crippen molar-refractivity contribution in [1.29, 1.82) is 0 Å². The lowest BCUT2D eigenvalue weighted by molar-refractivity contribution is 0.201. The summed E-state index contributed by atoms with van der Waals surface area (Å²) in [6.07, 6.45) is 2.14. The zero-order valence-electron chi connectivity index (χ0n) is 17.6. The number of hydrogen-bond acceptors (Lipinski definition) is 6. The number of ether oxygens (including phenoxy) is 4. The fourth-order valence-electron chi connectivity index (χ4n) is 2.53. The van der Waals surface area contributed by atoms with Crippen LogP contribution in [0.1, 0.15) is 12.0 Å². The van der Waals surface area contributed by atoms with Gasteiger partial charge in [0.15, 0.2) is 5.75 Å². The number of rotatable bonds is 13. The van der Waals surface area contributed by atoms with Crippen LogP contribution in [0.2, 0.25) is 10.0 Å².